The third-order valence-electron chi connectivity index (χ3n) is 8.53. The number of hydrogen-bond acceptors (Lipinski definition) is 8. The molecule has 0 radical (unpaired) electrons. The Morgan fingerprint density at radius 3 is 2.31 bits per heavy atom. The molecule has 1 atom stereocenters. The molecule has 2 heterocycles. The number of nitro benzene ring substituents is 1. The van der Waals surface area contributed by atoms with E-state index < -0.39 is 51.9 Å². The van der Waals surface area contributed by atoms with Crippen molar-refractivity contribution < 1.29 is 27.2 Å². The average Bonchev–Trinajstić information content (AvgIpc) is 3.06. The maximum atomic E-state index is 15.0. The zero-order valence-electron chi connectivity index (χ0n) is 26.2. The van der Waals surface area contributed by atoms with Gasteiger partial charge in [0, 0.05) is 61.7 Å². The fourth-order valence-corrected chi connectivity index (χ4v) is 6.06. The summed E-state index contributed by atoms with van der Waals surface area (Å²) in [6, 6.07) is 14.7. The molecule has 11 nitrogen and oxygen atoms in total. The first kappa shape index (κ1) is 34.3. The predicted molar refractivity (Wildman–Crippen MR) is 171 cm³/mol. The van der Waals surface area contributed by atoms with Gasteiger partial charge in [-0.2, -0.15) is 13.2 Å². The van der Waals surface area contributed by atoms with Crippen LogP contribution in [-0.4, -0.2) is 52.2 Å². The number of para-hydroxylation sites is 1. The number of methoxy groups -OCH3 is 1. The molecule has 4 aromatic rings. The first-order chi connectivity index (χ1) is 22.8. The molecule has 0 spiro atoms. The highest BCUT2D eigenvalue weighted by molar-refractivity contribution is 5.50. The number of hydrogen-bond donors (Lipinski definition) is 1. The molecule has 0 saturated carbocycles. The fourth-order valence-electron chi connectivity index (χ4n) is 6.06. The van der Waals surface area contributed by atoms with Crippen LogP contribution in [0.3, 0.4) is 0 Å². The van der Waals surface area contributed by atoms with Crippen LogP contribution in [0.1, 0.15) is 34.0 Å². The second-order valence-corrected chi connectivity index (χ2v) is 11.5. The monoisotopic (exact) mass is 670 g/mol. The summed E-state index contributed by atoms with van der Waals surface area (Å²) in [5.74, 6) is -0.720. The fraction of sp³-hybridized carbons (Fsp3) is 0.333. The van der Waals surface area contributed by atoms with E-state index in [2.05, 4.69) is 0 Å². The van der Waals surface area contributed by atoms with Gasteiger partial charge < -0.3 is 15.4 Å². The Bertz CT molecular complexity index is 1940. The van der Waals surface area contributed by atoms with E-state index in [9.17, 15) is 37.3 Å². The molecule has 0 bridgehead atoms. The van der Waals surface area contributed by atoms with Crippen molar-refractivity contribution in [3.05, 3.63) is 131 Å². The molecular formula is C33H34F4N6O5. The minimum absolute atomic E-state index is 0.0283. The van der Waals surface area contributed by atoms with E-state index in [4.69, 9.17) is 10.5 Å². The lowest BCUT2D eigenvalue weighted by atomic mass is 10.1. The number of rotatable bonds is 10. The van der Waals surface area contributed by atoms with E-state index >= 15 is 0 Å². The highest BCUT2D eigenvalue weighted by atomic mass is 19.4. The maximum absolute atomic E-state index is 15.0. The van der Waals surface area contributed by atoms with E-state index in [0.29, 0.717) is 44.0 Å². The molecule has 1 aromatic heterocycles. The van der Waals surface area contributed by atoms with Gasteiger partial charge in [0.2, 0.25) is 0 Å². The molecule has 15 heteroatoms. The van der Waals surface area contributed by atoms with Gasteiger partial charge in [-0.05, 0) is 30.7 Å². The normalized spacial score (nSPS) is 14.6. The summed E-state index contributed by atoms with van der Waals surface area (Å²) in [5.41, 5.74) is 4.27. The van der Waals surface area contributed by atoms with Crippen molar-refractivity contribution >= 4 is 11.4 Å². The molecule has 1 aliphatic heterocycles. The van der Waals surface area contributed by atoms with Crippen molar-refractivity contribution in [2.24, 2.45) is 5.73 Å². The van der Waals surface area contributed by atoms with Gasteiger partial charge >= 0.3 is 11.9 Å². The van der Waals surface area contributed by atoms with E-state index in [1.165, 1.54) is 26.2 Å². The number of ether oxygens (including phenoxy) is 1. The van der Waals surface area contributed by atoms with Crippen LogP contribution < -0.4 is 26.6 Å². The number of aromatic nitrogens is 2. The second-order valence-electron chi connectivity index (χ2n) is 11.5. The number of nitrogens with two attached hydrogens (primary N) is 1. The number of piperazine rings is 1. The van der Waals surface area contributed by atoms with Crippen LogP contribution in [0.5, 0.6) is 5.75 Å². The quantitative estimate of drug-likeness (QED) is 0.149. The Kier molecular flexibility index (Phi) is 10.0. The lowest BCUT2D eigenvalue weighted by Gasteiger charge is -2.37. The van der Waals surface area contributed by atoms with Crippen LogP contribution in [-0.2, 0) is 25.8 Å². The van der Waals surface area contributed by atoms with Crippen molar-refractivity contribution in [3.63, 3.8) is 0 Å². The third kappa shape index (κ3) is 7.11. The third-order valence-corrected chi connectivity index (χ3v) is 8.53. The largest absolute Gasteiger partial charge is 0.496 e. The van der Waals surface area contributed by atoms with Crippen LogP contribution in [0.2, 0.25) is 0 Å². The van der Waals surface area contributed by atoms with E-state index in [1.54, 1.807) is 41.3 Å². The summed E-state index contributed by atoms with van der Waals surface area (Å²) >= 11 is 0. The number of alkyl halides is 3. The Balaban J connectivity index is 1.54. The SMILES string of the molecule is COc1ccccc1C(N)Cn1c(=O)c(N2CCN(Cc3cccc([N+](=O)[O-])c3)CC2)c(C)n(Cc2c(F)cccc2C(F)(F)F)c1=O. The molecule has 1 saturated heterocycles. The van der Waals surface area contributed by atoms with Gasteiger partial charge in [-0.15, -0.1) is 0 Å². The molecular weight excluding hydrogens is 636 g/mol. The molecule has 0 amide bonds. The van der Waals surface area contributed by atoms with E-state index in [1.807, 2.05) is 4.90 Å². The lowest BCUT2D eigenvalue weighted by molar-refractivity contribution is -0.384. The molecule has 1 unspecified atom stereocenters. The molecule has 3 aromatic carbocycles. The number of halogens is 4. The minimum Gasteiger partial charge on any atom is -0.496 e. The van der Waals surface area contributed by atoms with Crippen LogP contribution in [0.4, 0.5) is 28.9 Å². The first-order valence-corrected chi connectivity index (χ1v) is 15.1. The van der Waals surface area contributed by atoms with Crippen molar-refractivity contribution in [1.29, 1.82) is 0 Å². The number of nitrogens with zero attached hydrogens (tertiary/aromatic N) is 5. The highest BCUT2D eigenvalue weighted by Crippen LogP contribution is 2.34. The van der Waals surface area contributed by atoms with Gasteiger partial charge in [0.1, 0.15) is 17.3 Å². The highest BCUT2D eigenvalue weighted by Gasteiger charge is 2.35. The van der Waals surface area contributed by atoms with Crippen LogP contribution in [0.25, 0.3) is 0 Å². The van der Waals surface area contributed by atoms with Crippen LogP contribution >= 0.6 is 0 Å². The topological polar surface area (TPSA) is 129 Å². The number of non-ortho nitro benzene ring substituents is 1. The molecule has 1 aliphatic rings. The summed E-state index contributed by atoms with van der Waals surface area (Å²) in [7, 11) is 1.44. The zero-order chi connectivity index (χ0) is 34.7. The van der Waals surface area contributed by atoms with Crippen molar-refractivity contribution in [2.75, 3.05) is 38.2 Å². The van der Waals surface area contributed by atoms with Crippen LogP contribution in [0.15, 0.2) is 76.3 Å². The first-order valence-electron chi connectivity index (χ1n) is 15.1. The van der Waals surface area contributed by atoms with Crippen molar-refractivity contribution in [1.82, 2.24) is 14.0 Å². The summed E-state index contributed by atoms with van der Waals surface area (Å²) in [6.45, 7) is 2.23. The molecule has 2 N–H and O–H groups in total. The van der Waals surface area contributed by atoms with Gasteiger partial charge in [0.25, 0.3) is 11.2 Å². The summed E-state index contributed by atoms with van der Waals surface area (Å²) in [4.78, 5) is 42.6. The van der Waals surface area contributed by atoms with Gasteiger partial charge in [-0.3, -0.25) is 28.9 Å². The van der Waals surface area contributed by atoms with Crippen molar-refractivity contribution in [2.45, 2.75) is 38.8 Å². The van der Waals surface area contributed by atoms with Gasteiger partial charge in [0.15, 0.2) is 0 Å². The minimum atomic E-state index is -4.89. The number of anilines is 1. The molecule has 1 fully saturated rings. The summed E-state index contributed by atoms with van der Waals surface area (Å²) in [6.07, 6.45) is -4.89. The van der Waals surface area contributed by atoms with Crippen molar-refractivity contribution in [3.8, 4) is 5.75 Å². The summed E-state index contributed by atoms with van der Waals surface area (Å²) < 4.78 is 64.1. The summed E-state index contributed by atoms with van der Waals surface area (Å²) in [5, 5.41) is 11.2. The Morgan fingerprint density at radius 2 is 1.65 bits per heavy atom. The molecule has 5 rings (SSSR count). The molecule has 0 aliphatic carbocycles. The Labute approximate surface area is 272 Å². The van der Waals surface area contributed by atoms with E-state index in [-0.39, 0.29) is 23.6 Å². The van der Waals surface area contributed by atoms with Gasteiger partial charge in [-0.1, -0.05) is 36.4 Å². The molecule has 48 heavy (non-hydrogen) atoms. The number of nitro groups is 1. The maximum Gasteiger partial charge on any atom is 0.416 e. The molecule has 254 valence electrons. The Hall–Kier alpha value is -5.02. The van der Waals surface area contributed by atoms with Gasteiger partial charge in [0.05, 0.1) is 36.7 Å². The Morgan fingerprint density at radius 1 is 0.958 bits per heavy atom. The zero-order valence-corrected chi connectivity index (χ0v) is 26.2. The van der Waals surface area contributed by atoms with Crippen LogP contribution in [0, 0.1) is 22.9 Å². The second kappa shape index (κ2) is 14.0. The number of benzene rings is 3. The predicted octanol–water partition coefficient (Wildman–Crippen LogP) is 4.46. The van der Waals surface area contributed by atoms with Gasteiger partial charge in [-0.25, -0.2) is 9.18 Å². The lowest BCUT2D eigenvalue weighted by Crippen LogP contribution is -2.51. The smallest absolute Gasteiger partial charge is 0.416 e. The average molecular weight is 671 g/mol. The standard InChI is InChI=1S/C33H34F4N6O5/c1-21-30(40-15-13-39(14-16-40)18-22-7-5-8-23(17-22)43(46)47)31(44)42(20-28(38)24-9-3-4-12-29(24)48-2)32(45)41(21)19-25-26(33(35,36)37)10-6-11-27(25)34/h3-12,17,28H,13-16,18-20,38H2,1-2H3. The van der Waals surface area contributed by atoms with E-state index in [0.717, 1.165) is 32.9 Å².